The van der Waals surface area contributed by atoms with Gasteiger partial charge in [0, 0.05) is 36.8 Å². The third-order valence-electron chi connectivity index (χ3n) is 5.79. The molecule has 0 aliphatic carbocycles. The number of rotatable bonds is 6. The van der Waals surface area contributed by atoms with E-state index in [-0.39, 0.29) is 18.3 Å². The molecule has 0 spiro atoms. The molecule has 0 bridgehead atoms. The van der Waals surface area contributed by atoms with Gasteiger partial charge in [-0.2, -0.15) is 9.78 Å². The van der Waals surface area contributed by atoms with E-state index in [1.807, 2.05) is 12.3 Å². The minimum atomic E-state index is -0.927. The van der Waals surface area contributed by atoms with Crippen LogP contribution in [0.25, 0.3) is 0 Å². The molecule has 37 heavy (non-hydrogen) atoms. The highest BCUT2D eigenvalue weighted by atomic mass is 32.1. The molecule has 0 unspecified atom stereocenters. The molecule has 4 aromatic rings. The number of thiazole rings is 1. The number of nitrogens with one attached hydrogen (secondary N) is 1. The Hall–Kier alpha value is -4.25. The van der Waals surface area contributed by atoms with Gasteiger partial charge in [-0.15, -0.1) is 11.3 Å². The molecule has 0 saturated heterocycles. The summed E-state index contributed by atoms with van der Waals surface area (Å²) >= 11 is 1.52. The van der Waals surface area contributed by atoms with Crippen LogP contribution >= 0.6 is 11.3 Å². The summed E-state index contributed by atoms with van der Waals surface area (Å²) in [6.07, 6.45) is 3.50. The molecule has 1 N–H and O–H groups in total. The van der Waals surface area contributed by atoms with Crippen LogP contribution < -0.4 is 19.7 Å². The smallest absolute Gasteiger partial charge is 0.342 e. The normalized spacial score (nSPS) is 15.1. The van der Waals surface area contributed by atoms with Crippen molar-refractivity contribution in [2.24, 2.45) is 0 Å². The van der Waals surface area contributed by atoms with E-state index in [1.165, 1.54) is 34.6 Å². The third kappa shape index (κ3) is 5.61. The number of nitrogens with zero attached hydrogens (tertiary/aromatic N) is 4. The minimum absolute atomic E-state index is 0.0437. The first kappa shape index (κ1) is 24.4. The molecule has 0 radical (unpaired) electrons. The molecule has 2 aromatic heterocycles. The predicted molar refractivity (Wildman–Crippen MR) is 136 cm³/mol. The molecule has 1 aliphatic rings. The van der Waals surface area contributed by atoms with Crippen LogP contribution in [-0.4, -0.2) is 46.4 Å². The van der Waals surface area contributed by atoms with Crippen molar-refractivity contribution < 1.29 is 23.5 Å². The number of ether oxygens (including phenoxy) is 2. The average molecular weight is 522 g/mol. The Kier molecular flexibility index (Phi) is 6.87. The van der Waals surface area contributed by atoms with Crippen LogP contribution in [0, 0.1) is 12.7 Å². The number of anilines is 1. The SMILES string of the molecule is Cc1csc(COc2ccc3c(c2)N(C)C(=O)[C@@H](NC(=O)n2cc(Cc4cccc(F)c4)cn2)CO3)n1. The summed E-state index contributed by atoms with van der Waals surface area (Å²) in [5, 5.41) is 9.59. The highest BCUT2D eigenvalue weighted by Crippen LogP contribution is 2.34. The van der Waals surface area contributed by atoms with Crippen molar-refractivity contribution >= 4 is 29.0 Å². The van der Waals surface area contributed by atoms with Crippen LogP contribution in [0.15, 0.2) is 60.2 Å². The highest BCUT2D eigenvalue weighted by Gasteiger charge is 2.31. The molecule has 0 fully saturated rings. The lowest BCUT2D eigenvalue weighted by Crippen LogP contribution is -2.50. The Morgan fingerprint density at radius 2 is 2.14 bits per heavy atom. The van der Waals surface area contributed by atoms with E-state index in [1.54, 1.807) is 43.6 Å². The van der Waals surface area contributed by atoms with Gasteiger partial charge < -0.3 is 19.7 Å². The third-order valence-corrected chi connectivity index (χ3v) is 6.73. The minimum Gasteiger partial charge on any atom is -0.489 e. The zero-order valence-corrected chi connectivity index (χ0v) is 21.0. The second-order valence-corrected chi connectivity index (χ2v) is 9.55. The number of hydrogen-bond donors (Lipinski definition) is 1. The van der Waals surface area contributed by atoms with Crippen molar-refractivity contribution in [2.75, 3.05) is 18.6 Å². The fraction of sp³-hybridized carbons (Fsp3) is 0.231. The van der Waals surface area contributed by atoms with Gasteiger partial charge in [0.05, 0.1) is 11.9 Å². The molecule has 2 amide bonds. The Morgan fingerprint density at radius 1 is 1.27 bits per heavy atom. The van der Waals surface area contributed by atoms with E-state index in [0.717, 1.165) is 26.5 Å². The summed E-state index contributed by atoms with van der Waals surface area (Å²) < 4.78 is 26.3. The Balaban J connectivity index is 1.23. The van der Waals surface area contributed by atoms with E-state index in [2.05, 4.69) is 15.4 Å². The first-order valence-corrected chi connectivity index (χ1v) is 12.4. The van der Waals surface area contributed by atoms with Crippen molar-refractivity contribution in [3.63, 3.8) is 0 Å². The number of amides is 2. The number of carbonyl (C=O) groups excluding carboxylic acids is 2. The average Bonchev–Trinajstić information content (AvgIpc) is 3.51. The van der Waals surface area contributed by atoms with Crippen LogP contribution in [-0.2, 0) is 17.8 Å². The predicted octanol–water partition coefficient (Wildman–Crippen LogP) is 3.94. The van der Waals surface area contributed by atoms with Gasteiger partial charge in [0.25, 0.3) is 5.91 Å². The largest absolute Gasteiger partial charge is 0.489 e. The molecule has 3 heterocycles. The van der Waals surface area contributed by atoms with Gasteiger partial charge >= 0.3 is 6.03 Å². The van der Waals surface area contributed by atoms with E-state index in [0.29, 0.717) is 30.2 Å². The molecule has 9 nitrogen and oxygen atoms in total. The highest BCUT2D eigenvalue weighted by molar-refractivity contribution is 7.09. The number of benzene rings is 2. The van der Waals surface area contributed by atoms with Gasteiger partial charge in [0.1, 0.15) is 41.6 Å². The fourth-order valence-electron chi connectivity index (χ4n) is 3.95. The topological polar surface area (TPSA) is 98.6 Å². The molecule has 190 valence electrons. The standard InChI is InChI=1S/C26H24FN5O4S/c1-16-15-37-24(29-16)14-35-20-6-7-23-22(10-20)31(2)25(33)21(13-36-23)30-26(34)32-12-18(11-28-32)8-17-4-3-5-19(27)9-17/h3-7,9-12,15,21H,8,13-14H2,1-2H3,(H,30,34)/t21-/m0/s1. The van der Waals surface area contributed by atoms with Crippen molar-refractivity contribution in [3.8, 4) is 11.5 Å². The van der Waals surface area contributed by atoms with Crippen LogP contribution in [0.2, 0.25) is 0 Å². The molecular formula is C26H24FN5O4S. The molecular weight excluding hydrogens is 497 g/mol. The lowest BCUT2D eigenvalue weighted by Gasteiger charge is -2.20. The van der Waals surface area contributed by atoms with Crippen LogP contribution in [0.5, 0.6) is 11.5 Å². The van der Waals surface area contributed by atoms with E-state index in [9.17, 15) is 14.0 Å². The first-order chi connectivity index (χ1) is 17.9. The second-order valence-electron chi connectivity index (χ2n) is 8.61. The summed E-state index contributed by atoms with van der Waals surface area (Å²) in [6, 6.07) is 9.96. The van der Waals surface area contributed by atoms with Gasteiger partial charge in [0.15, 0.2) is 0 Å². The van der Waals surface area contributed by atoms with Gasteiger partial charge in [-0.1, -0.05) is 12.1 Å². The Morgan fingerprint density at radius 3 is 2.92 bits per heavy atom. The monoisotopic (exact) mass is 521 g/mol. The maximum atomic E-state index is 13.5. The number of fused-ring (bicyclic) bond motifs is 1. The number of hydrogen-bond acceptors (Lipinski definition) is 7. The maximum absolute atomic E-state index is 13.5. The summed E-state index contributed by atoms with van der Waals surface area (Å²) in [5.41, 5.74) is 2.97. The molecule has 1 atom stereocenters. The summed E-state index contributed by atoms with van der Waals surface area (Å²) in [6.45, 7) is 2.20. The number of aromatic nitrogens is 3. The first-order valence-electron chi connectivity index (χ1n) is 11.5. The Bertz CT molecular complexity index is 1450. The maximum Gasteiger partial charge on any atom is 0.342 e. The molecule has 1 aliphatic heterocycles. The van der Waals surface area contributed by atoms with E-state index < -0.39 is 12.1 Å². The second kappa shape index (κ2) is 10.4. The zero-order valence-electron chi connectivity index (χ0n) is 20.2. The van der Waals surface area contributed by atoms with Gasteiger partial charge in [-0.25, -0.2) is 14.2 Å². The summed E-state index contributed by atoms with van der Waals surface area (Å²) in [5.74, 6) is 0.404. The molecule has 2 aromatic carbocycles. The number of aryl methyl sites for hydroxylation is 1. The fourth-order valence-corrected chi connectivity index (χ4v) is 4.63. The Labute approximate surface area is 216 Å². The quantitative estimate of drug-likeness (QED) is 0.413. The van der Waals surface area contributed by atoms with Gasteiger partial charge in [-0.05, 0) is 42.3 Å². The molecule has 5 rings (SSSR count). The lowest BCUT2D eigenvalue weighted by molar-refractivity contribution is -0.120. The van der Waals surface area contributed by atoms with Gasteiger partial charge in [-0.3, -0.25) is 4.79 Å². The van der Waals surface area contributed by atoms with Crippen molar-refractivity contribution in [1.29, 1.82) is 0 Å². The van der Waals surface area contributed by atoms with Crippen LogP contribution in [0.4, 0.5) is 14.9 Å². The van der Waals surface area contributed by atoms with Crippen molar-refractivity contribution in [3.05, 3.63) is 87.9 Å². The zero-order chi connectivity index (χ0) is 25.9. The lowest BCUT2D eigenvalue weighted by atomic mass is 10.1. The van der Waals surface area contributed by atoms with Crippen molar-refractivity contribution in [2.45, 2.75) is 26.0 Å². The van der Waals surface area contributed by atoms with Crippen LogP contribution in [0.3, 0.4) is 0 Å². The van der Waals surface area contributed by atoms with E-state index in [4.69, 9.17) is 9.47 Å². The number of likely N-dealkylation sites (N-methyl/N-ethyl adjacent to an activating group) is 1. The molecule has 0 saturated carbocycles. The summed E-state index contributed by atoms with van der Waals surface area (Å²) in [7, 11) is 1.62. The van der Waals surface area contributed by atoms with Crippen LogP contribution in [0.1, 0.15) is 21.8 Å². The summed E-state index contributed by atoms with van der Waals surface area (Å²) in [4.78, 5) is 31.8. The number of carbonyl (C=O) groups is 2. The van der Waals surface area contributed by atoms with Gasteiger partial charge in [0.2, 0.25) is 0 Å². The van der Waals surface area contributed by atoms with E-state index >= 15 is 0 Å². The number of halogens is 1. The van der Waals surface area contributed by atoms with Crippen molar-refractivity contribution in [1.82, 2.24) is 20.1 Å². The molecule has 11 heteroatoms.